The van der Waals surface area contributed by atoms with Gasteiger partial charge in [-0.2, -0.15) is 0 Å². The Hall–Kier alpha value is -2.90. The minimum atomic E-state index is -0.260. The number of ether oxygens (including phenoxy) is 1. The van der Waals surface area contributed by atoms with Crippen LogP contribution in [0.2, 0.25) is 0 Å². The van der Waals surface area contributed by atoms with Gasteiger partial charge in [0, 0.05) is 37.3 Å². The molecule has 3 heterocycles. The van der Waals surface area contributed by atoms with Crippen LogP contribution in [-0.4, -0.2) is 53.1 Å². The molecular formula is C21H28N4O4. The summed E-state index contributed by atoms with van der Waals surface area (Å²) in [6.45, 7) is 6.97. The van der Waals surface area contributed by atoms with Gasteiger partial charge in [-0.3, -0.25) is 14.6 Å². The molecule has 8 nitrogen and oxygen atoms in total. The van der Waals surface area contributed by atoms with Gasteiger partial charge < -0.3 is 19.5 Å². The number of hydrogen-bond donors (Lipinski definition) is 1. The molecule has 0 aromatic carbocycles. The molecule has 2 unspecified atom stereocenters. The Morgan fingerprint density at radius 3 is 2.90 bits per heavy atom. The maximum absolute atomic E-state index is 13.0. The van der Waals surface area contributed by atoms with E-state index >= 15 is 0 Å². The summed E-state index contributed by atoms with van der Waals surface area (Å²) in [5, 5.41) is 6.52. The van der Waals surface area contributed by atoms with Gasteiger partial charge in [0.2, 0.25) is 5.91 Å². The van der Waals surface area contributed by atoms with E-state index in [9.17, 15) is 9.59 Å². The molecule has 0 bridgehead atoms. The fraction of sp³-hybridized carbons (Fsp3) is 0.524. The summed E-state index contributed by atoms with van der Waals surface area (Å²) in [6, 6.07) is 3.35. The van der Waals surface area contributed by atoms with Crippen LogP contribution in [0.4, 0.5) is 0 Å². The van der Waals surface area contributed by atoms with Gasteiger partial charge in [0.15, 0.2) is 0 Å². The minimum absolute atomic E-state index is 0.110. The number of rotatable bonds is 6. The smallest absolute Gasteiger partial charge is 0.269 e. The molecular weight excluding hydrogens is 372 g/mol. The molecule has 2 aromatic rings. The van der Waals surface area contributed by atoms with E-state index in [2.05, 4.69) is 15.5 Å². The monoisotopic (exact) mass is 400 g/mol. The van der Waals surface area contributed by atoms with E-state index in [0.717, 1.165) is 36.4 Å². The number of nitrogens with zero attached hydrogens (tertiary/aromatic N) is 3. The van der Waals surface area contributed by atoms with Gasteiger partial charge in [0.1, 0.15) is 23.3 Å². The molecule has 1 saturated heterocycles. The van der Waals surface area contributed by atoms with Crippen LogP contribution in [0.5, 0.6) is 5.75 Å². The molecule has 156 valence electrons. The van der Waals surface area contributed by atoms with Crippen molar-refractivity contribution >= 4 is 11.8 Å². The van der Waals surface area contributed by atoms with Crippen molar-refractivity contribution in [2.75, 3.05) is 20.1 Å². The Balaban J connectivity index is 1.61. The predicted molar refractivity (Wildman–Crippen MR) is 107 cm³/mol. The van der Waals surface area contributed by atoms with Crippen molar-refractivity contribution in [3.8, 4) is 5.75 Å². The number of hydrogen-bond acceptors (Lipinski definition) is 6. The number of nitrogens with one attached hydrogen (secondary N) is 1. The van der Waals surface area contributed by atoms with E-state index in [1.807, 2.05) is 25.7 Å². The predicted octanol–water partition coefficient (Wildman–Crippen LogP) is 2.29. The third kappa shape index (κ3) is 4.93. The lowest BCUT2D eigenvalue weighted by molar-refractivity contribution is -0.137. The zero-order valence-corrected chi connectivity index (χ0v) is 17.4. The zero-order valence-electron chi connectivity index (χ0n) is 17.4. The van der Waals surface area contributed by atoms with Crippen LogP contribution in [0, 0.1) is 19.8 Å². The average molecular weight is 400 g/mol. The van der Waals surface area contributed by atoms with E-state index in [1.165, 1.54) is 0 Å². The molecule has 0 spiro atoms. The summed E-state index contributed by atoms with van der Waals surface area (Å²) < 4.78 is 11.3. The Morgan fingerprint density at radius 1 is 1.41 bits per heavy atom. The quantitative estimate of drug-likeness (QED) is 0.799. The van der Waals surface area contributed by atoms with Crippen LogP contribution >= 0.6 is 0 Å². The maximum atomic E-state index is 13.0. The second-order valence-corrected chi connectivity index (χ2v) is 7.53. The topological polar surface area (TPSA) is 97.6 Å². The SMILES string of the molecule is CNC(=O)c1cc(OC2CCCN(C(=O)C(C)Cc3c(C)noc3C)C2)ccn1. The number of piperidine rings is 1. The fourth-order valence-electron chi connectivity index (χ4n) is 3.66. The van der Waals surface area contributed by atoms with Gasteiger partial charge in [0.25, 0.3) is 5.91 Å². The first-order chi connectivity index (χ1) is 13.9. The van der Waals surface area contributed by atoms with E-state index in [4.69, 9.17) is 9.26 Å². The van der Waals surface area contributed by atoms with E-state index in [1.54, 1.807) is 25.4 Å². The second-order valence-electron chi connectivity index (χ2n) is 7.53. The molecule has 3 rings (SSSR count). The van der Waals surface area contributed by atoms with Crippen molar-refractivity contribution < 1.29 is 18.8 Å². The van der Waals surface area contributed by atoms with Crippen LogP contribution in [0.3, 0.4) is 0 Å². The van der Waals surface area contributed by atoms with Gasteiger partial charge in [-0.1, -0.05) is 12.1 Å². The molecule has 1 aliphatic heterocycles. The molecule has 1 fully saturated rings. The number of aryl methyl sites for hydroxylation is 2. The molecule has 0 saturated carbocycles. The lowest BCUT2D eigenvalue weighted by Crippen LogP contribution is -2.46. The van der Waals surface area contributed by atoms with Crippen molar-refractivity contribution in [3.05, 3.63) is 41.0 Å². The standard InChI is InChI=1S/C21H28N4O4/c1-13(10-18-14(2)24-29-15(18)3)21(27)25-9-5-6-17(12-25)28-16-7-8-23-19(11-16)20(26)22-4/h7-8,11,13,17H,5-6,9-10,12H2,1-4H3,(H,22,26). The van der Waals surface area contributed by atoms with E-state index in [-0.39, 0.29) is 23.8 Å². The Bertz CT molecular complexity index is 860. The highest BCUT2D eigenvalue weighted by molar-refractivity contribution is 5.92. The highest BCUT2D eigenvalue weighted by Crippen LogP contribution is 2.22. The number of carbonyl (C=O) groups excluding carboxylic acids is 2. The molecule has 2 amide bonds. The maximum Gasteiger partial charge on any atom is 0.269 e. The minimum Gasteiger partial charge on any atom is -0.488 e. The van der Waals surface area contributed by atoms with Crippen LogP contribution in [0.1, 0.15) is 47.3 Å². The summed E-state index contributed by atoms with van der Waals surface area (Å²) in [7, 11) is 1.56. The van der Waals surface area contributed by atoms with Crippen molar-refractivity contribution in [3.63, 3.8) is 0 Å². The summed E-state index contributed by atoms with van der Waals surface area (Å²) in [6.07, 6.45) is 3.79. The van der Waals surface area contributed by atoms with Crippen LogP contribution in [-0.2, 0) is 11.2 Å². The van der Waals surface area contributed by atoms with Gasteiger partial charge in [-0.05, 0) is 39.2 Å². The van der Waals surface area contributed by atoms with Gasteiger partial charge in [-0.15, -0.1) is 0 Å². The Labute approximate surface area is 170 Å². The van der Waals surface area contributed by atoms with E-state index < -0.39 is 0 Å². The van der Waals surface area contributed by atoms with Gasteiger partial charge in [0.05, 0.1) is 12.2 Å². The Kier molecular flexibility index (Phi) is 6.51. The highest BCUT2D eigenvalue weighted by atomic mass is 16.5. The first kappa shape index (κ1) is 20.8. The van der Waals surface area contributed by atoms with E-state index in [0.29, 0.717) is 24.4 Å². The first-order valence-electron chi connectivity index (χ1n) is 9.94. The molecule has 0 aliphatic carbocycles. The van der Waals surface area contributed by atoms with Crippen molar-refractivity contribution in [2.45, 2.75) is 46.1 Å². The summed E-state index contributed by atoms with van der Waals surface area (Å²) in [5.41, 5.74) is 2.16. The summed E-state index contributed by atoms with van der Waals surface area (Å²) in [4.78, 5) is 30.7. The zero-order chi connectivity index (χ0) is 21.0. The van der Waals surface area contributed by atoms with Gasteiger partial charge in [-0.25, -0.2) is 0 Å². The molecule has 8 heteroatoms. The van der Waals surface area contributed by atoms with Crippen LogP contribution in [0.15, 0.2) is 22.9 Å². The second kappa shape index (κ2) is 9.07. The lowest BCUT2D eigenvalue weighted by Gasteiger charge is -2.34. The average Bonchev–Trinajstić information content (AvgIpc) is 3.05. The third-order valence-electron chi connectivity index (χ3n) is 5.30. The molecule has 1 aliphatic rings. The van der Waals surface area contributed by atoms with Crippen molar-refractivity contribution in [2.24, 2.45) is 5.92 Å². The number of aromatic nitrogens is 2. The number of carbonyl (C=O) groups is 2. The molecule has 29 heavy (non-hydrogen) atoms. The number of likely N-dealkylation sites (tertiary alicyclic amines) is 1. The summed E-state index contributed by atoms with van der Waals surface area (Å²) >= 11 is 0. The molecule has 2 aromatic heterocycles. The Morgan fingerprint density at radius 2 is 2.21 bits per heavy atom. The highest BCUT2D eigenvalue weighted by Gasteiger charge is 2.29. The molecule has 1 N–H and O–H groups in total. The number of pyridine rings is 1. The van der Waals surface area contributed by atoms with Gasteiger partial charge >= 0.3 is 0 Å². The molecule has 2 atom stereocenters. The van der Waals surface area contributed by atoms with Crippen molar-refractivity contribution in [1.82, 2.24) is 20.4 Å². The summed E-state index contributed by atoms with van der Waals surface area (Å²) in [5.74, 6) is 1.04. The van der Waals surface area contributed by atoms with Crippen molar-refractivity contribution in [1.29, 1.82) is 0 Å². The lowest BCUT2D eigenvalue weighted by atomic mass is 9.97. The first-order valence-corrected chi connectivity index (χ1v) is 9.94. The number of amides is 2. The third-order valence-corrected chi connectivity index (χ3v) is 5.30. The normalized spacial score (nSPS) is 17.7. The molecule has 0 radical (unpaired) electrons. The largest absolute Gasteiger partial charge is 0.488 e. The fourth-order valence-corrected chi connectivity index (χ4v) is 3.66. The van der Waals surface area contributed by atoms with Crippen LogP contribution in [0.25, 0.3) is 0 Å². The van der Waals surface area contributed by atoms with Crippen LogP contribution < -0.4 is 10.1 Å².